The number of aliphatic hydroxyl groups excluding tert-OH is 2. The van der Waals surface area contributed by atoms with Gasteiger partial charge in [0.1, 0.15) is 0 Å². The lowest BCUT2D eigenvalue weighted by molar-refractivity contribution is 0.325. The van der Waals surface area contributed by atoms with Gasteiger partial charge in [-0.05, 0) is 25.5 Å². The first-order valence-electron chi connectivity index (χ1n) is 4.09. The van der Waals surface area contributed by atoms with Crippen LogP contribution in [-0.4, -0.2) is 10.2 Å². The number of nitriles is 1. The number of rotatable bonds is 4. The fourth-order valence-electron chi connectivity index (χ4n) is 0.695. The van der Waals surface area contributed by atoms with Crippen LogP contribution < -0.4 is 0 Å². The van der Waals surface area contributed by atoms with E-state index in [0.29, 0.717) is 12.0 Å². The van der Waals surface area contributed by atoms with Crippen LogP contribution in [0.25, 0.3) is 0 Å². The van der Waals surface area contributed by atoms with Crippen LogP contribution in [0.5, 0.6) is 0 Å². The Morgan fingerprint density at radius 1 is 1.36 bits per heavy atom. The second-order valence-electron chi connectivity index (χ2n) is 2.61. The zero-order valence-corrected chi connectivity index (χ0v) is 8.07. The van der Waals surface area contributed by atoms with Gasteiger partial charge in [-0.15, -0.1) is 0 Å². The van der Waals surface area contributed by atoms with E-state index < -0.39 is 0 Å². The predicted molar refractivity (Wildman–Crippen MR) is 55.6 cm³/mol. The van der Waals surface area contributed by atoms with Crippen molar-refractivity contribution in [2.45, 2.75) is 13.3 Å². The van der Waals surface area contributed by atoms with Crippen LogP contribution in [-0.2, 0) is 0 Å². The van der Waals surface area contributed by atoms with Crippen LogP contribution in [0.3, 0.4) is 0 Å². The Morgan fingerprint density at radius 3 is 2.50 bits per heavy atom. The Kier molecular flexibility index (Phi) is 5.64. The first-order valence-corrected chi connectivity index (χ1v) is 4.09. The number of hydrogen-bond acceptors (Lipinski definition) is 3. The zero-order valence-electron chi connectivity index (χ0n) is 8.07. The third-order valence-corrected chi connectivity index (χ3v) is 1.45. The molecule has 0 saturated carbocycles. The van der Waals surface area contributed by atoms with Gasteiger partial charge in [0.25, 0.3) is 0 Å². The number of nitrogens with zero attached hydrogens (tertiary/aromatic N) is 1. The molecule has 3 heteroatoms. The van der Waals surface area contributed by atoms with E-state index in [2.05, 4.69) is 6.58 Å². The first kappa shape index (κ1) is 12.0. The van der Waals surface area contributed by atoms with E-state index in [4.69, 9.17) is 10.4 Å². The van der Waals surface area contributed by atoms with E-state index in [0.717, 1.165) is 0 Å². The summed E-state index contributed by atoms with van der Waals surface area (Å²) in [5.41, 5.74) is 0.571. The lowest BCUT2D eigenvalue weighted by Crippen LogP contribution is -1.86. The lowest BCUT2D eigenvalue weighted by atomic mass is 10.2. The summed E-state index contributed by atoms with van der Waals surface area (Å²) >= 11 is 0. The summed E-state index contributed by atoms with van der Waals surface area (Å²) in [5.74, 6) is -0.449. The van der Waals surface area contributed by atoms with Gasteiger partial charge < -0.3 is 10.2 Å². The average molecular weight is 191 g/mol. The smallest absolute Gasteiger partial charge is 0.157 e. The van der Waals surface area contributed by atoms with Crippen LogP contribution in [0.1, 0.15) is 13.3 Å². The van der Waals surface area contributed by atoms with Gasteiger partial charge >= 0.3 is 0 Å². The van der Waals surface area contributed by atoms with Gasteiger partial charge in [0.2, 0.25) is 0 Å². The molecule has 0 bridgehead atoms. The molecule has 14 heavy (non-hydrogen) atoms. The van der Waals surface area contributed by atoms with E-state index in [9.17, 15) is 5.11 Å². The van der Waals surface area contributed by atoms with Crippen molar-refractivity contribution in [1.82, 2.24) is 0 Å². The summed E-state index contributed by atoms with van der Waals surface area (Å²) in [5, 5.41) is 26.8. The van der Waals surface area contributed by atoms with Crippen molar-refractivity contribution < 1.29 is 10.2 Å². The Labute approximate surface area is 83.6 Å². The highest BCUT2D eigenvalue weighted by Gasteiger charge is 1.96. The average Bonchev–Trinajstić information content (AvgIpc) is 2.17. The number of aliphatic hydroxyl groups is 2. The quantitative estimate of drug-likeness (QED) is 0.408. The highest BCUT2D eigenvalue weighted by Crippen LogP contribution is 2.05. The maximum Gasteiger partial charge on any atom is 0.157 e. The number of allylic oxidation sites excluding steroid dienone is 5. The summed E-state index contributed by atoms with van der Waals surface area (Å²) in [6, 6.07) is 1.95. The Hall–Kier alpha value is -1.95. The van der Waals surface area contributed by atoms with Gasteiger partial charge in [-0.25, -0.2) is 0 Å². The molecule has 0 fully saturated rings. The fraction of sp³-hybridized carbons (Fsp3) is 0.182. The molecule has 0 atom stereocenters. The Morgan fingerprint density at radius 2 is 2.00 bits per heavy atom. The Balaban J connectivity index is 4.35. The molecule has 0 aromatic heterocycles. The van der Waals surface area contributed by atoms with Crippen molar-refractivity contribution in [3.05, 3.63) is 48.0 Å². The fourth-order valence-corrected chi connectivity index (χ4v) is 0.695. The molecule has 0 saturated heterocycles. The highest BCUT2D eigenvalue weighted by atomic mass is 16.3. The van der Waals surface area contributed by atoms with Crippen molar-refractivity contribution >= 4 is 0 Å². The molecule has 0 spiro atoms. The van der Waals surface area contributed by atoms with Crippen LogP contribution in [0.15, 0.2) is 48.0 Å². The normalized spacial score (nSPS) is 13.6. The molecule has 0 heterocycles. The molecular formula is C11H13NO2. The van der Waals surface area contributed by atoms with Gasteiger partial charge in [-0.2, -0.15) is 5.26 Å². The summed E-state index contributed by atoms with van der Waals surface area (Å²) in [4.78, 5) is 0. The van der Waals surface area contributed by atoms with Crippen LogP contribution in [0.4, 0.5) is 0 Å². The second-order valence-corrected chi connectivity index (χ2v) is 2.61. The summed E-state index contributed by atoms with van der Waals surface area (Å²) < 4.78 is 0. The van der Waals surface area contributed by atoms with E-state index >= 15 is 0 Å². The Bertz CT molecular complexity index is 330. The van der Waals surface area contributed by atoms with Gasteiger partial charge in [-0.3, -0.25) is 0 Å². The molecule has 0 aromatic carbocycles. The van der Waals surface area contributed by atoms with Crippen molar-refractivity contribution in [3.8, 4) is 6.07 Å². The van der Waals surface area contributed by atoms with Crippen molar-refractivity contribution in [3.63, 3.8) is 0 Å². The van der Waals surface area contributed by atoms with Gasteiger partial charge in [0, 0.05) is 5.57 Å². The first-order chi connectivity index (χ1) is 6.61. The summed E-state index contributed by atoms with van der Waals surface area (Å²) in [7, 11) is 0. The van der Waals surface area contributed by atoms with Crippen molar-refractivity contribution in [2.75, 3.05) is 0 Å². The van der Waals surface area contributed by atoms with Crippen molar-refractivity contribution in [2.24, 2.45) is 0 Å². The molecule has 74 valence electrons. The topological polar surface area (TPSA) is 64.2 Å². The zero-order chi connectivity index (χ0) is 11.0. The molecule has 0 radical (unpaired) electrons. The SMILES string of the molecule is C=C/C=C(O)\C(O)=C/C/C=C(\C)C#N. The highest BCUT2D eigenvalue weighted by molar-refractivity contribution is 5.24. The minimum Gasteiger partial charge on any atom is -0.504 e. The molecule has 0 aliphatic carbocycles. The van der Waals surface area contributed by atoms with E-state index in [1.54, 1.807) is 13.0 Å². The molecule has 0 aliphatic rings. The standard InChI is InChI=1S/C11H13NO2/c1-3-5-10(13)11(14)7-4-6-9(2)8-12/h3,5-7,13-14H,1,4H2,2H3/b9-6+,10-5+,11-7+. The van der Waals surface area contributed by atoms with E-state index in [-0.39, 0.29) is 11.5 Å². The van der Waals surface area contributed by atoms with Crippen LogP contribution in [0, 0.1) is 11.3 Å². The number of hydrogen-bond donors (Lipinski definition) is 2. The molecule has 2 N–H and O–H groups in total. The molecule has 0 aromatic rings. The molecule has 3 nitrogen and oxygen atoms in total. The van der Waals surface area contributed by atoms with Gasteiger partial charge in [-0.1, -0.05) is 18.7 Å². The summed E-state index contributed by atoms with van der Waals surface area (Å²) in [6.07, 6.45) is 6.12. The molecule has 0 unspecified atom stereocenters. The predicted octanol–water partition coefficient (Wildman–Crippen LogP) is 2.92. The van der Waals surface area contributed by atoms with Crippen LogP contribution >= 0.6 is 0 Å². The van der Waals surface area contributed by atoms with E-state index in [1.165, 1.54) is 18.2 Å². The molecule has 0 rings (SSSR count). The molecule has 0 amide bonds. The van der Waals surface area contributed by atoms with Crippen LogP contribution in [0.2, 0.25) is 0 Å². The maximum absolute atomic E-state index is 9.22. The largest absolute Gasteiger partial charge is 0.504 e. The summed E-state index contributed by atoms with van der Waals surface area (Å²) in [6.45, 7) is 5.05. The van der Waals surface area contributed by atoms with Gasteiger partial charge in [0.05, 0.1) is 6.07 Å². The third kappa shape index (κ3) is 4.83. The minimum absolute atomic E-state index is 0.216. The van der Waals surface area contributed by atoms with E-state index in [1.807, 2.05) is 6.07 Å². The maximum atomic E-state index is 9.22. The minimum atomic E-state index is -0.233. The van der Waals surface area contributed by atoms with Gasteiger partial charge in [0.15, 0.2) is 11.5 Å². The monoisotopic (exact) mass is 191 g/mol. The molecule has 0 aliphatic heterocycles. The third-order valence-electron chi connectivity index (χ3n) is 1.45. The second kappa shape index (κ2) is 6.55. The van der Waals surface area contributed by atoms with Crippen molar-refractivity contribution in [1.29, 1.82) is 5.26 Å². The molecular weight excluding hydrogens is 178 g/mol. The lowest BCUT2D eigenvalue weighted by Gasteiger charge is -1.95.